The molecule has 0 fully saturated rings. The summed E-state index contributed by atoms with van der Waals surface area (Å²) in [5.41, 5.74) is 7.60. The van der Waals surface area contributed by atoms with Crippen LogP contribution in [0.5, 0.6) is 5.75 Å². The predicted octanol–water partition coefficient (Wildman–Crippen LogP) is 4.90. The van der Waals surface area contributed by atoms with Gasteiger partial charge < -0.3 is 15.6 Å². The first kappa shape index (κ1) is 18.1. The zero-order chi connectivity index (χ0) is 17.0. The maximum atomic E-state index is 10.5. The third-order valence-corrected chi connectivity index (χ3v) is 4.54. The van der Waals surface area contributed by atoms with E-state index in [4.69, 9.17) is 33.7 Å². The van der Waals surface area contributed by atoms with Gasteiger partial charge in [-0.3, -0.25) is 0 Å². The highest BCUT2D eigenvalue weighted by Crippen LogP contribution is 2.31. The summed E-state index contributed by atoms with van der Waals surface area (Å²) in [5.74, 6) is 0.776. The van der Waals surface area contributed by atoms with E-state index >= 15 is 0 Å². The molecule has 2 aromatic carbocycles. The second-order valence-electron chi connectivity index (χ2n) is 5.55. The molecule has 2 aromatic rings. The fraction of sp³-hybridized carbons (Fsp3) is 0.333. The van der Waals surface area contributed by atoms with E-state index in [1.54, 1.807) is 18.2 Å². The molecule has 0 saturated heterocycles. The topological polar surface area (TPSA) is 55.5 Å². The standard InChI is InChI=1S/C18H21Cl2NO2/c1-3-11(2)23-14-7-4-12(5-8-14)18(22)17(21)13-6-9-15(19)16(20)10-13/h4-11,17-18,22H,3,21H2,1-2H3. The summed E-state index contributed by atoms with van der Waals surface area (Å²) < 4.78 is 5.73. The van der Waals surface area contributed by atoms with Gasteiger partial charge in [-0.1, -0.05) is 48.3 Å². The lowest BCUT2D eigenvalue weighted by Crippen LogP contribution is -2.19. The van der Waals surface area contributed by atoms with E-state index in [2.05, 4.69) is 6.92 Å². The van der Waals surface area contributed by atoms with Crippen molar-refractivity contribution in [3.05, 3.63) is 63.6 Å². The molecule has 3 atom stereocenters. The first-order chi connectivity index (χ1) is 10.9. The Morgan fingerprint density at radius 2 is 1.65 bits per heavy atom. The van der Waals surface area contributed by atoms with E-state index in [0.29, 0.717) is 10.0 Å². The Bertz CT molecular complexity index is 646. The second-order valence-corrected chi connectivity index (χ2v) is 6.36. The number of benzene rings is 2. The number of nitrogens with two attached hydrogens (primary N) is 1. The molecular formula is C18H21Cl2NO2. The van der Waals surface area contributed by atoms with Gasteiger partial charge in [-0.2, -0.15) is 0 Å². The van der Waals surface area contributed by atoms with Gasteiger partial charge in [0.1, 0.15) is 5.75 Å². The van der Waals surface area contributed by atoms with Gasteiger partial charge in [-0.05, 0) is 48.7 Å². The maximum Gasteiger partial charge on any atom is 0.119 e. The van der Waals surface area contributed by atoms with Gasteiger partial charge in [0, 0.05) is 0 Å². The van der Waals surface area contributed by atoms with Crippen molar-refractivity contribution in [2.24, 2.45) is 5.73 Å². The van der Waals surface area contributed by atoms with E-state index in [1.165, 1.54) is 0 Å². The van der Waals surface area contributed by atoms with Crippen molar-refractivity contribution in [1.29, 1.82) is 0 Å². The minimum atomic E-state index is -0.843. The molecule has 3 nitrogen and oxygen atoms in total. The van der Waals surface area contributed by atoms with Crippen molar-refractivity contribution in [2.75, 3.05) is 0 Å². The lowest BCUT2D eigenvalue weighted by molar-refractivity contribution is 0.146. The van der Waals surface area contributed by atoms with Crippen LogP contribution in [0.3, 0.4) is 0 Å². The Balaban J connectivity index is 2.12. The zero-order valence-corrected chi connectivity index (χ0v) is 14.7. The summed E-state index contributed by atoms with van der Waals surface area (Å²) in [7, 11) is 0. The third kappa shape index (κ3) is 4.61. The Hall–Kier alpha value is -1.26. The van der Waals surface area contributed by atoms with E-state index in [0.717, 1.165) is 23.3 Å². The zero-order valence-electron chi connectivity index (χ0n) is 13.2. The van der Waals surface area contributed by atoms with Gasteiger partial charge in [-0.15, -0.1) is 0 Å². The van der Waals surface area contributed by atoms with Crippen molar-refractivity contribution in [3.8, 4) is 5.75 Å². The molecule has 2 rings (SSSR count). The van der Waals surface area contributed by atoms with Gasteiger partial charge in [0.2, 0.25) is 0 Å². The summed E-state index contributed by atoms with van der Waals surface area (Å²) in [5, 5.41) is 11.4. The molecule has 0 spiro atoms. The lowest BCUT2D eigenvalue weighted by Gasteiger charge is -2.20. The van der Waals surface area contributed by atoms with Crippen LogP contribution < -0.4 is 10.5 Å². The quantitative estimate of drug-likeness (QED) is 0.775. The molecule has 124 valence electrons. The van der Waals surface area contributed by atoms with Gasteiger partial charge >= 0.3 is 0 Å². The third-order valence-electron chi connectivity index (χ3n) is 3.80. The molecule has 3 unspecified atom stereocenters. The second kappa shape index (κ2) is 8.02. The summed E-state index contributed by atoms with van der Waals surface area (Å²) in [6.45, 7) is 4.09. The summed E-state index contributed by atoms with van der Waals surface area (Å²) >= 11 is 11.9. The van der Waals surface area contributed by atoms with E-state index in [1.807, 2.05) is 31.2 Å². The van der Waals surface area contributed by atoms with Crippen LogP contribution in [0.25, 0.3) is 0 Å². The molecule has 0 radical (unpaired) electrons. The average Bonchev–Trinajstić information content (AvgIpc) is 2.56. The van der Waals surface area contributed by atoms with E-state index in [-0.39, 0.29) is 6.10 Å². The normalized spacial score (nSPS) is 15.0. The van der Waals surface area contributed by atoms with Crippen molar-refractivity contribution >= 4 is 23.2 Å². The number of aliphatic hydroxyl groups is 1. The predicted molar refractivity (Wildman–Crippen MR) is 95.2 cm³/mol. The van der Waals surface area contributed by atoms with Crippen LogP contribution in [0.15, 0.2) is 42.5 Å². The Kier molecular flexibility index (Phi) is 6.31. The Morgan fingerprint density at radius 1 is 1.04 bits per heavy atom. The number of hydrogen-bond acceptors (Lipinski definition) is 3. The fourth-order valence-corrected chi connectivity index (χ4v) is 2.48. The fourth-order valence-electron chi connectivity index (χ4n) is 2.17. The molecular weight excluding hydrogens is 333 g/mol. The maximum absolute atomic E-state index is 10.5. The molecule has 0 amide bonds. The van der Waals surface area contributed by atoms with Crippen LogP contribution in [-0.4, -0.2) is 11.2 Å². The summed E-state index contributed by atoms with van der Waals surface area (Å²) in [6.07, 6.45) is 0.251. The molecule has 0 heterocycles. The molecule has 0 aliphatic rings. The number of aliphatic hydroxyl groups excluding tert-OH is 1. The van der Waals surface area contributed by atoms with Gasteiger partial charge in [0.25, 0.3) is 0 Å². The highest BCUT2D eigenvalue weighted by Gasteiger charge is 2.19. The summed E-state index contributed by atoms with van der Waals surface area (Å²) in [4.78, 5) is 0. The largest absolute Gasteiger partial charge is 0.491 e. The molecule has 0 saturated carbocycles. The van der Waals surface area contributed by atoms with Crippen molar-refractivity contribution in [1.82, 2.24) is 0 Å². The first-order valence-electron chi connectivity index (χ1n) is 7.57. The van der Waals surface area contributed by atoms with Gasteiger partial charge in [-0.25, -0.2) is 0 Å². The van der Waals surface area contributed by atoms with E-state index < -0.39 is 12.1 Å². The Morgan fingerprint density at radius 3 is 2.22 bits per heavy atom. The molecule has 0 bridgehead atoms. The van der Waals surface area contributed by atoms with Crippen molar-refractivity contribution < 1.29 is 9.84 Å². The van der Waals surface area contributed by atoms with Crippen LogP contribution >= 0.6 is 23.2 Å². The lowest BCUT2D eigenvalue weighted by atomic mass is 9.96. The highest BCUT2D eigenvalue weighted by molar-refractivity contribution is 6.42. The molecule has 0 aliphatic heterocycles. The average molecular weight is 354 g/mol. The number of rotatable bonds is 6. The minimum absolute atomic E-state index is 0.157. The highest BCUT2D eigenvalue weighted by atomic mass is 35.5. The van der Waals surface area contributed by atoms with E-state index in [9.17, 15) is 5.11 Å². The van der Waals surface area contributed by atoms with Crippen LogP contribution in [0.4, 0.5) is 0 Å². The first-order valence-corrected chi connectivity index (χ1v) is 8.33. The molecule has 23 heavy (non-hydrogen) atoms. The smallest absolute Gasteiger partial charge is 0.119 e. The number of halogens is 2. The molecule has 0 aromatic heterocycles. The van der Waals surface area contributed by atoms with Crippen LogP contribution in [0.2, 0.25) is 10.0 Å². The van der Waals surface area contributed by atoms with Crippen molar-refractivity contribution in [2.45, 2.75) is 38.5 Å². The monoisotopic (exact) mass is 353 g/mol. The van der Waals surface area contributed by atoms with Crippen LogP contribution in [-0.2, 0) is 0 Å². The van der Waals surface area contributed by atoms with Crippen LogP contribution in [0, 0.1) is 0 Å². The molecule has 5 heteroatoms. The van der Waals surface area contributed by atoms with Crippen LogP contribution in [0.1, 0.15) is 43.5 Å². The number of ether oxygens (including phenoxy) is 1. The van der Waals surface area contributed by atoms with Crippen molar-refractivity contribution in [3.63, 3.8) is 0 Å². The molecule has 3 N–H and O–H groups in total. The molecule has 0 aliphatic carbocycles. The minimum Gasteiger partial charge on any atom is -0.491 e. The number of hydrogen-bond donors (Lipinski definition) is 2. The summed E-state index contributed by atoms with van der Waals surface area (Å²) in [6, 6.07) is 11.8. The Labute approximate surface area is 147 Å². The SMILES string of the molecule is CCC(C)Oc1ccc(C(O)C(N)c2ccc(Cl)c(Cl)c2)cc1. The van der Waals surface area contributed by atoms with Gasteiger partial charge in [0.05, 0.1) is 28.3 Å². The van der Waals surface area contributed by atoms with Gasteiger partial charge in [0.15, 0.2) is 0 Å².